The number of carbonyl (C=O) groups excluding carboxylic acids is 1. The van der Waals surface area contributed by atoms with E-state index < -0.39 is 15.4 Å². The van der Waals surface area contributed by atoms with Gasteiger partial charge in [0.1, 0.15) is 0 Å². The Balaban J connectivity index is 2.23. The van der Waals surface area contributed by atoms with E-state index in [9.17, 15) is 13.2 Å². The number of sulfonamides is 1. The van der Waals surface area contributed by atoms with Gasteiger partial charge in [-0.3, -0.25) is 4.79 Å². The summed E-state index contributed by atoms with van der Waals surface area (Å²) in [4.78, 5) is 16.1. The summed E-state index contributed by atoms with van der Waals surface area (Å²) in [6, 6.07) is 14.7. The number of allylic oxidation sites excluding steroid dienone is 1. The highest BCUT2D eigenvalue weighted by Crippen LogP contribution is 2.52. The van der Waals surface area contributed by atoms with Crippen molar-refractivity contribution in [2.45, 2.75) is 51.1 Å². The number of carbonyl (C=O) groups is 1. The molecule has 0 aromatic heterocycles. The van der Waals surface area contributed by atoms with Gasteiger partial charge in [-0.25, -0.2) is 12.7 Å². The maximum absolute atomic E-state index is 14.2. The Morgan fingerprint density at radius 2 is 1.83 bits per heavy atom. The highest BCUT2D eigenvalue weighted by atomic mass is 35.5. The molecule has 1 fully saturated rings. The Kier molecular flexibility index (Phi) is 8.74. The Morgan fingerprint density at radius 3 is 2.37 bits per heavy atom. The lowest BCUT2D eigenvalue weighted by Crippen LogP contribution is -2.57. The quantitative estimate of drug-likeness (QED) is 0.353. The van der Waals surface area contributed by atoms with Gasteiger partial charge in [0, 0.05) is 35.6 Å². The molecule has 1 saturated heterocycles. The molecule has 0 aliphatic carbocycles. The van der Waals surface area contributed by atoms with E-state index in [1.165, 1.54) is 10.6 Å². The van der Waals surface area contributed by atoms with E-state index in [1.807, 2.05) is 67.3 Å². The summed E-state index contributed by atoms with van der Waals surface area (Å²) >= 11 is 12.6. The third-order valence-corrected chi connectivity index (χ3v) is 8.85. The molecule has 0 N–H and O–H groups in total. The van der Waals surface area contributed by atoms with Crippen LogP contribution >= 0.6 is 23.2 Å². The van der Waals surface area contributed by atoms with E-state index in [2.05, 4.69) is 6.58 Å². The summed E-state index contributed by atoms with van der Waals surface area (Å²) in [5.41, 5.74) is 1.31. The zero-order valence-electron chi connectivity index (χ0n) is 20.7. The zero-order chi connectivity index (χ0) is 26.0. The molecule has 1 heterocycles. The maximum Gasteiger partial charge on any atom is 0.229 e. The number of benzene rings is 2. The minimum absolute atomic E-state index is 0.00405. The fraction of sp³-hybridized carbons (Fsp3) is 0.444. The molecule has 0 saturated carbocycles. The molecule has 4 atom stereocenters. The lowest BCUT2D eigenvalue weighted by Gasteiger charge is -2.52. The number of amides is 1. The predicted molar refractivity (Wildman–Crippen MR) is 144 cm³/mol. The molecule has 0 spiro atoms. The summed E-state index contributed by atoms with van der Waals surface area (Å²) in [5.74, 6) is -0.0560. The highest BCUT2D eigenvalue weighted by Gasteiger charge is 2.51. The molecule has 0 bridgehead atoms. The fourth-order valence-electron chi connectivity index (χ4n) is 5.13. The number of halogens is 2. The third kappa shape index (κ3) is 6.11. The largest absolute Gasteiger partial charge is 0.330 e. The molecular weight excluding hydrogens is 503 g/mol. The Hall–Kier alpha value is -1.86. The number of hydrogen-bond acceptors (Lipinski definition) is 3. The van der Waals surface area contributed by atoms with Crippen LogP contribution < -0.4 is 0 Å². The van der Waals surface area contributed by atoms with Crippen LogP contribution in [0.2, 0.25) is 10.0 Å². The van der Waals surface area contributed by atoms with Gasteiger partial charge >= 0.3 is 0 Å². The highest BCUT2D eigenvalue weighted by molar-refractivity contribution is 7.88. The van der Waals surface area contributed by atoms with Crippen molar-refractivity contribution in [3.63, 3.8) is 0 Å². The van der Waals surface area contributed by atoms with E-state index in [4.69, 9.17) is 23.2 Å². The van der Waals surface area contributed by atoms with Crippen molar-refractivity contribution in [2.75, 3.05) is 19.8 Å². The van der Waals surface area contributed by atoms with Crippen molar-refractivity contribution in [3.05, 3.63) is 82.4 Å². The standard InChI is InChI=1S/C27H34Cl2N2O3S/c1-6-15-27(3)17-24(20-9-8-10-22(29)16-20)25(19-11-13-21(28)14-12-19)31(26(27)32)23(7-2)18-30(4)35(5,33)34/h6,8-14,16,23-25H,1,7,15,17-18H2,2-5H3/t23-,24+,25?,27-/m0/s1. The van der Waals surface area contributed by atoms with Crippen molar-refractivity contribution in [1.82, 2.24) is 9.21 Å². The molecule has 5 nitrogen and oxygen atoms in total. The van der Waals surface area contributed by atoms with Crippen molar-refractivity contribution < 1.29 is 13.2 Å². The monoisotopic (exact) mass is 536 g/mol. The van der Waals surface area contributed by atoms with Gasteiger partial charge in [-0.05, 0) is 54.7 Å². The molecule has 3 rings (SSSR count). The normalized spacial score (nSPS) is 24.0. The van der Waals surface area contributed by atoms with Gasteiger partial charge in [-0.15, -0.1) is 6.58 Å². The number of piperidine rings is 1. The SMILES string of the molecule is C=CC[C@@]1(C)C[C@H](c2cccc(Cl)c2)C(c2ccc(Cl)cc2)N([C@@H](CC)CN(C)S(C)(=O)=O)C1=O. The summed E-state index contributed by atoms with van der Waals surface area (Å²) in [6.07, 6.45) is 4.70. The van der Waals surface area contributed by atoms with Crippen LogP contribution in [-0.4, -0.2) is 49.4 Å². The van der Waals surface area contributed by atoms with E-state index in [1.54, 1.807) is 13.1 Å². The molecule has 2 aromatic rings. The van der Waals surface area contributed by atoms with E-state index in [0.717, 1.165) is 11.1 Å². The molecule has 1 aliphatic rings. The third-order valence-electron chi connectivity index (χ3n) is 7.08. The first kappa shape index (κ1) is 27.7. The lowest BCUT2D eigenvalue weighted by atomic mass is 9.67. The van der Waals surface area contributed by atoms with Crippen LogP contribution in [0.4, 0.5) is 0 Å². The Bertz CT molecular complexity index is 1170. The van der Waals surface area contributed by atoms with Gasteiger partial charge in [0.25, 0.3) is 0 Å². The van der Waals surface area contributed by atoms with Crippen LogP contribution in [0.25, 0.3) is 0 Å². The average Bonchev–Trinajstić information content (AvgIpc) is 2.79. The topological polar surface area (TPSA) is 57.7 Å². The predicted octanol–water partition coefficient (Wildman–Crippen LogP) is 6.30. The van der Waals surface area contributed by atoms with Crippen LogP contribution in [-0.2, 0) is 14.8 Å². The van der Waals surface area contributed by atoms with Crippen LogP contribution in [0.3, 0.4) is 0 Å². The average molecular weight is 538 g/mol. The Labute approximate surface area is 219 Å². The van der Waals surface area contributed by atoms with Gasteiger partial charge in [-0.1, -0.05) is 67.4 Å². The van der Waals surface area contributed by atoms with Crippen LogP contribution in [0, 0.1) is 5.41 Å². The molecular formula is C27H34Cl2N2O3S. The van der Waals surface area contributed by atoms with Gasteiger partial charge in [0.15, 0.2) is 0 Å². The molecule has 8 heteroatoms. The second kappa shape index (κ2) is 11.0. The molecule has 35 heavy (non-hydrogen) atoms. The van der Waals surface area contributed by atoms with E-state index in [-0.39, 0.29) is 30.5 Å². The maximum atomic E-state index is 14.2. The fourth-order valence-corrected chi connectivity index (χ4v) is 5.90. The number of likely N-dealkylation sites (tertiary alicyclic amines) is 1. The lowest BCUT2D eigenvalue weighted by molar-refractivity contribution is -0.154. The summed E-state index contributed by atoms with van der Waals surface area (Å²) in [5, 5.41) is 1.25. The van der Waals surface area contributed by atoms with Crippen molar-refractivity contribution in [1.29, 1.82) is 0 Å². The van der Waals surface area contributed by atoms with Gasteiger partial charge < -0.3 is 4.90 Å². The van der Waals surface area contributed by atoms with Crippen molar-refractivity contribution >= 4 is 39.1 Å². The van der Waals surface area contributed by atoms with Crippen LogP contribution in [0.15, 0.2) is 61.2 Å². The minimum Gasteiger partial charge on any atom is -0.330 e. The van der Waals surface area contributed by atoms with Gasteiger partial charge in [0.05, 0.1) is 17.7 Å². The number of rotatable bonds is 9. The molecule has 1 unspecified atom stereocenters. The summed E-state index contributed by atoms with van der Waals surface area (Å²) in [7, 11) is -1.86. The second-order valence-corrected chi connectivity index (χ2v) is 12.7. The van der Waals surface area contributed by atoms with Gasteiger partial charge in [-0.2, -0.15) is 0 Å². The smallest absolute Gasteiger partial charge is 0.229 e. The zero-order valence-corrected chi connectivity index (χ0v) is 23.1. The first-order valence-corrected chi connectivity index (χ1v) is 14.4. The number of nitrogens with zero attached hydrogens (tertiary/aromatic N) is 2. The van der Waals surface area contributed by atoms with E-state index >= 15 is 0 Å². The molecule has 1 amide bonds. The second-order valence-electron chi connectivity index (χ2n) is 9.73. The molecule has 0 radical (unpaired) electrons. The van der Waals surface area contributed by atoms with Crippen molar-refractivity contribution in [3.8, 4) is 0 Å². The van der Waals surface area contributed by atoms with Crippen LogP contribution in [0.5, 0.6) is 0 Å². The number of likely N-dealkylation sites (N-methyl/N-ethyl adjacent to an activating group) is 1. The summed E-state index contributed by atoms with van der Waals surface area (Å²) < 4.78 is 25.9. The summed E-state index contributed by atoms with van der Waals surface area (Å²) in [6.45, 7) is 8.08. The van der Waals surface area contributed by atoms with Gasteiger partial charge in [0.2, 0.25) is 15.9 Å². The minimum atomic E-state index is -3.42. The van der Waals surface area contributed by atoms with Crippen LogP contribution in [0.1, 0.15) is 56.2 Å². The first-order valence-electron chi connectivity index (χ1n) is 11.8. The molecule has 2 aromatic carbocycles. The first-order chi connectivity index (χ1) is 16.4. The number of hydrogen-bond donors (Lipinski definition) is 0. The molecule has 1 aliphatic heterocycles. The molecule has 190 valence electrons. The Morgan fingerprint density at radius 1 is 1.17 bits per heavy atom. The van der Waals surface area contributed by atoms with E-state index in [0.29, 0.717) is 29.3 Å². The van der Waals surface area contributed by atoms with Crippen molar-refractivity contribution in [2.24, 2.45) is 5.41 Å².